The van der Waals surface area contributed by atoms with Crippen LogP contribution < -0.4 is 5.32 Å². The maximum Gasteiger partial charge on any atom is 0.416 e. The van der Waals surface area contributed by atoms with Gasteiger partial charge < -0.3 is 10.2 Å². The van der Waals surface area contributed by atoms with E-state index in [1.807, 2.05) is 11.7 Å². The molecule has 1 aromatic carbocycles. The van der Waals surface area contributed by atoms with Gasteiger partial charge in [-0.1, -0.05) is 12.1 Å². The van der Waals surface area contributed by atoms with Crippen LogP contribution in [0.1, 0.15) is 47.7 Å². The summed E-state index contributed by atoms with van der Waals surface area (Å²) in [7, 11) is 1.88. The number of fused-ring (bicyclic) bond motifs is 1. The van der Waals surface area contributed by atoms with Gasteiger partial charge in [0.15, 0.2) is 0 Å². The van der Waals surface area contributed by atoms with E-state index in [1.54, 1.807) is 12.3 Å². The van der Waals surface area contributed by atoms with Gasteiger partial charge in [0, 0.05) is 37.8 Å². The van der Waals surface area contributed by atoms with Crippen molar-refractivity contribution >= 4 is 11.8 Å². The number of carbonyl (C=O) groups excluding carboxylic acids is 2. The second-order valence-corrected chi connectivity index (χ2v) is 8.00. The van der Waals surface area contributed by atoms with Crippen molar-refractivity contribution in [3.05, 3.63) is 52.8 Å². The van der Waals surface area contributed by atoms with Crippen molar-refractivity contribution in [3.63, 3.8) is 0 Å². The molecule has 0 radical (unpaired) electrons. The Hall–Kier alpha value is -2.84. The van der Waals surface area contributed by atoms with Crippen LogP contribution in [0.5, 0.6) is 0 Å². The van der Waals surface area contributed by atoms with E-state index in [4.69, 9.17) is 0 Å². The maximum absolute atomic E-state index is 12.9. The molecule has 2 heterocycles. The number of amides is 2. The van der Waals surface area contributed by atoms with Crippen molar-refractivity contribution in [2.24, 2.45) is 13.0 Å². The van der Waals surface area contributed by atoms with Crippen LogP contribution >= 0.6 is 0 Å². The molecule has 0 unspecified atom stereocenters. The lowest BCUT2D eigenvalue weighted by atomic mass is 9.92. The van der Waals surface area contributed by atoms with Gasteiger partial charge in [0.05, 0.1) is 23.7 Å². The largest absolute Gasteiger partial charge is 0.416 e. The van der Waals surface area contributed by atoms with Gasteiger partial charge in [0.25, 0.3) is 0 Å². The maximum atomic E-state index is 12.9. The topological polar surface area (TPSA) is 67.2 Å². The Morgan fingerprint density at radius 2 is 2.13 bits per heavy atom. The molecule has 4 rings (SSSR count). The standard InChI is InChI=1S/C21H23F3N4O2/c1-27-18-7-3-6-17(16(18)10-25-27)26-20(30)14-9-19(29)28(12-14)11-13-4-2-5-15(8-13)21(22,23)24/h2,4-5,8,10,14,17H,3,6-7,9,11-12H2,1H3,(H,26,30)/t14-,17-/m1/s1. The highest BCUT2D eigenvalue weighted by atomic mass is 19.4. The number of aromatic nitrogens is 2. The Kier molecular flexibility index (Phi) is 5.29. The number of carbonyl (C=O) groups is 2. The molecule has 30 heavy (non-hydrogen) atoms. The molecule has 1 N–H and O–H groups in total. The zero-order chi connectivity index (χ0) is 21.5. The normalized spacial score (nSPS) is 21.6. The Morgan fingerprint density at radius 1 is 1.33 bits per heavy atom. The van der Waals surface area contributed by atoms with Crippen LogP contribution in [0.25, 0.3) is 0 Å². The molecule has 2 atom stereocenters. The third-order valence-corrected chi connectivity index (χ3v) is 5.91. The monoisotopic (exact) mass is 420 g/mol. The first-order valence-corrected chi connectivity index (χ1v) is 9.97. The van der Waals surface area contributed by atoms with E-state index < -0.39 is 17.7 Å². The predicted molar refractivity (Wildman–Crippen MR) is 102 cm³/mol. The summed E-state index contributed by atoms with van der Waals surface area (Å²) in [6, 6.07) is 4.82. The number of likely N-dealkylation sites (tertiary alicyclic amines) is 1. The molecule has 1 aliphatic heterocycles. The quantitative estimate of drug-likeness (QED) is 0.827. The molecule has 2 amide bonds. The van der Waals surface area contributed by atoms with Crippen molar-refractivity contribution < 1.29 is 22.8 Å². The van der Waals surface area contributed by atoms with E-state index in [-0.39, 0.29) is 37.4 Å². The summed E-state index contributed by atoms with van der Waals surface area (Å²) in [5.74, 6) is -0.930. The van der Waals surface area contributed by atoms with Gasteiger partial charge in [0.2, 0.25) is 11.8 Å². The van der Waals surface area contributed by atoms with Crippen LogP contribution in [0.15, 0.2) is 30.5 Å². The van der Waals surface area contributed by atoms with Crippen molar-refractivity contribution in [1.82, 2.24) is 20.0 Å². The van der Waals surface area contributed by atoms with E-state index in [9.17, 15) is 22.8 Å². The molecule has 0 spiro atoms. The number of hydrogen-bond donors (Lipinski definition) is 1. The third-order valence-electron chi connectivity index (χ3n) is 5.91. The van der Waals surface area contributed by atoms with E-state index in [2.05, 4.69) is 10.4 Å². The van der Waals surface area contributed by atoms with E-state index in [0.717, 1.165) is 42.7 Å². The third kappa shape index (κ3) is 4.06. The highest BCUT2D eigenvalue weighted by Crippen LogP contribution is 2.32. The summed E-state index contributed by atoms with van der Waals surface area (Å²) in [4.78, 5) is 26.6. The average molecular weight is 420 g/mol. The average Bonchev–Trinajstić information content (AvgIpc) is 3.25. The van der Waals surface area contributed by atoms with Gasteiger partial charge in [-0.25, -0.2) is 0 Å². The Balaban J connectivity index is 1.40. The molecule has 1 saturated heterocycles. The van der Waals surface area contributed by atoms with Crippen molar-refractivity contribution in [1.29, 1.82) is 0 Å². The molecule has 2 aliphatic rings. The predicted octanol–water partition coefficient (Wildman–Crippen LogP) is 2.98. The summed E-state index contributed by atoms with van der Waals surface area (Å²) in [6.07, 6.45) is 0.0991. The van der Waals surface area contributed by atoms with Crippen LogP contribution in [0.2, 0.25) is 0 Å². The van der Waals surface area contributed by atoms with Crippen LogP contribution in [-0.2, 0) is 35.8 Å². The first-order valence-electron chi connectivity index (χ1n) is 9.97. The van der Waals surface area contributed by atoms with E-state index >= 15 is 0 Å². The molecule has 1 aliphatic carbocycles. The Morgan fingerprint density at radius 3 is 2.90 bits per heavy atom. The first kappa shape index (κ1) is 20.4. The minimum absolute atomic E-state index is 0.0582. The second-order valence-electron chi connectivity index (χ2n) is 8.00. The SMILES string of the molecule is Cn1ncc2c1CCC[C@H]2NC(=O)[C@@H]1CC(=O)N(Cc2cccc(C(F)(F)F)c2)C1. The number of nitrogens with one attached hydrogen (secondary N) is 1. The molecular weight excluding hydrogens is 397 g/mol. The minimum atomic E-state index is -4.43. The lowest BCUT2D eigenvalue weighted by Crippen LogP contribution is -2.36. The van der Waals surface area contributed by atoms with Crippen LogP contribution in [0.3, 0.4) is 0 Å². The number of benzene rings is 1. The highest BCUT2D eigenvalue weighted by molar-refractivity contribution is 5.89. The van der Waals surface area contributed by atoms with Gasteiger partial charge in [-0.05, 0) is 37.0 Å². The number of nitrogens with zero attached hydrogens (tertiary/aromatic N) is 3. The fourth-order valence-corrected chi connectivity index (χ4v) is 4.31. The molecule has 2 aromatic rings. The summed E-state index contributed by atoms with van der Waals surface area (Å²) >= 11 is 0. The molecule has 1 fully saturated rings. The zero-order valence-electron chi connectivity index (χ0n) is 16.6. The van der Waals surface area contributed by atoms with E-state index in [1.165, 1.54) is 11.0 Å². The first-order chi connectivity index (χ1) is 14.2. The highest BCUT2D eigenvalue weighted by Gasteiger charge is 2.36. The molecule has 0 saturated carbocycles. The van der Waals surface area contributed by atoms with Crippen molar-refractivity contribution in [2.45, 2.75) is 44.4 Å². The Bertz CT molecular complexity index is 969. The van der Waals surface area contributed by atoms with Crippen LogP contribution in [-0.4, -0.2) is 33.0 Å². The lowest BCUT2D eigenvalue weighted by Gasteiger charge is -2.25. The molecule has 1 aromatic heterocycles. The van der Waals surface area contributed by atoms with Gasteiger partial charge in [-0.2, -0.15) is 18.3 Å². The fourth-order valence-electron chi connectivity index (χ4n) is 4.31. The number of hydrogen-bond acceptors (Lipinski definition) is 3. The van der Waals surface area contributed by atoms with E-state index in [0.29, 0.717) is 5.56 Å². The number of alkyl halides is 3. The van der Waals surface area contributed by atoms with Crippen molar-refractivity contribution in [2.75, 3.05) is 6.54 Å². The molecule has 9 heteroatoms. The summed E-state index contributed by atoms with van der Waals surface area (Å²) in [6.45, 7) is 0.260. The summed E-state index contributed by atoms with van der Waals surface area (Å²) < 4.78 is 40.6. The van der Waals surface area contributed by atoms with Crippen LogP contribution in [0, 0.1) is 5.92 Å². The molecule has 0 bridgehead atoms. The second kappa shape index (κ2) is 7.77. The van der Waals surface area contributed by atoms with Gasteiger partial charge >= 0.3 is 6.18 Å². The van der Waals surface area contributed by atoms with Crippen molar-refractivity contribution in [3.8, 4) is 0 Å². The molecule has 160 valence electrons. The van der Waals surface area contributed by atoms with Gasteiger partial charge in [-0.3, -0.25) is 14.3 Å². The van der Waals surface area contributed by atoms with Gasteiger partial charge in [-0.15, -0.1) is 0 Å². The summed E-state index contributed by atoms with van der Waals surface area (Å²) in [5, 5.41) is 7.32. The zero-order valence-corrected chi connectivity index (χ0v) is 16.6. The number of aryl methyl sites for hydroxylation is 1. The smallest absolute Gasteiger partial charge is 0.349 e. The fraction of sp³-hybridized carbons (Fsp3) is 0.476. The minimum Gasteiger partial charge on any atom is -0.349 e. The van der Waals surface area contributed by atoms with Crippen LogP contribution in [0.4, 0.5) is 13.2 Å². The molecular formula is C21H23F3N4O2. The number of rotatable bonds is 4. The number of halogens is 3. The lowest BCUT2D eigenvalue weighted by molar-refractivity contribution is -0.137. The van der Waals surface area contributed by atoms with Gasteiger partial charge in [0.1, 0.15) is 0 Å². The summed E-state index contributed by atoms with van der Waals surface area (Å²) in [5.41, 5.74) is 1.78. The molecule has 6 nitrogen and oxygen atoms in total. The Labute approximate surface area is 172 Å².